The molecule has 0 saturated carbocycles. The Morgan fingerprint density at radius 3 is 2.41 bits per heavy atom. The lowest BCUT2D eigenvalue weighted by atomic mass is 10.0. The third-order valence-corrected chi connectivity index (χ3v) is 6.99. The van der Waals surface area contributed by atoms with E-state index in [1.54, 1.807) is 26.0 Å². The second kappa shape index (κ2) is 9.52. The Balaban J connectivity index is 1.55. The minimum atomic E-state index is -0.468. The first-order chi connectivity index (χ1) is 16.6. The molecule has 8 heteroatoms. The summed E-state index contributed by atoms with van der Waals surface area (Å²) in [6, 6.07) is 20.9. The highest BCUT2D eigenvalue weighted by Gasteiger charge is 2.42. The number of ether oxygens (including phenoxy) is 2. The Morgan fingerprint density at radius 1 is 0.941 bits per heavy atom. The second-order valence-electron chi connectivity index (χ2n) is 7.89. The summed E-state index contributed by atoms with van der Waals surface area (Å²) < 4.78 is 11.0. The number of aliphatic imine (C=N–C) groups is 2. The van der Waals surface area contributed by atoms with Gasteiger partial charge in [-0.25, -0.2) is 4.99 Å². The molecule has 0 aromatic heterocycles. The van der Waals surface area contributed by atoms with Crippen LogP contribution in [0.5, 0.6) is 11.5 Å². The van der Waals surface area contributed by atoms with Crippen molar-refractivity contribution in [2.45, 2.75) is 18.2 Å². The number of thioether (sulfide) groups is 1. The van der Waals surface area contributed by atoms with E-state index in [4.69, 9.17) is 26.1 Å². The molecule has 0 bridgehead atoms. The van der Waals surface area contributed by atoms with Crippen LogP contribution in [0.4, 0.5) is 5.69 Å². The normalized spacial score (nSPS) is 16.5. The van der Waals surface area contributed by atoms with Crippen LogP contribution in [0.1, 0.15) is 16.7 Å². The van der Waals surface area contributed by atoms with Crippen LogP contribution in [0.25, 0.3) is 0 Å². The number of benzene rings is 3. The summed E-state index contributed by atoms with van der Waals surface area (Å²) in [7, 11) is 3.17. The van der Waals surface area contributed by atoms with Gasteiger partial charge in [0.05, 0.1) is 19.9 Å². The number of carbonyl (C=O) groups is 1. The highest BCUT2D eigenvalue weighted by molar-refractivity contribution is 8.13. The van der Waals surface area contributed by atoms with E-state index in [1.807, 2.05) is 71.6 Å². The molecule has 34 heavy (non-hydrogen) atoms. The summed E-state index contributed by atoms with van der Waals surface area (Å²) in [5.41, 5.74) is 3.57. The Labute approximate surface area is 207 Å². The maximum atomic E-state index is 13.1. The molecule has 0 fully saturated rings. The van der Waals surface area contributed by atoms with Crippen molar-refractivity contribution in [3.05, 3.63) is 88.4 Å². The summed E-state index contributed by atoms with van der Waals surface area (Å²) in [5, 5.41) is 1.40. The molecule has 6 nitrogen and oxygen atoms in total. The van der Waals surface area contributed by atoms with Crippen molar-refractivity contribution in [3.63, 3.8) is 0 Å². The first kappa shape index (κ1) is 22.5. The van der Waals surface area contributed by atoms with E-state index in [0.29, 0.717) is 45.4 Å². The standard InChI is InChI=1S/C26H22ClN3O3S/c1-32-22-13-19-20(14-23(22)33-2)28-26(34-15-17-9-6-10-18(27)11-17)30-21(25(31)29-24(19)30)12-16-7-4-3-5-8-16/h3-11,13-14,21H,12,15H2,1-2H3. The molecule has 172 valence electrons. The molecule has 5 rings (SSSR count). The van der Waals surface area contributed by atoms with Gasteiger partial charge in [0.25, 0.3) is 5.91 Å². The van der Waals surface area contributed by atoms with E-state index >= 15 is 0 Å². The third-order valence-electron chi connectivity index (χ3n) is 5.73. The molecule has 2 aliphatic heterocycles. The van der Waals surface area contributed by atoms with Crippen molar-refractivity contribution in [1.29, 1.82) is 0 Å². The Bertz CT molecular complexity index is 1310. The quantitative estimate of drug-likeness (QED) is 0.456. The lowest BCUT2D eigenvalue weighted by Gasteiger charge is -2.31. The van der Waals surface area contributed by atoms with Gasteiger partial charge in [-0.05, 0) is 29.3 Å². The lowest BCUT2D eigenvalue weighted by molar-refractivity contribution is -0.119. The molecule has 0 radical (unpaired) electrons. The van der Waals surface area contributed by atoms with Gasteiger partial charge in [-0.15, -0.1) is 0 Å². The van der Waals surface area contributed by atoms with Gasteiger partial charge in [-0.1, -0.05) is 65.8 Å². The Morgan fingerprint density at radius 2 is 1.68 bits per heavy atom. The van der Waals surface area contributed by atoms with Crippen LogP contribution < -0.4 is 9.47 Å². The summed E-state index contributed by atoms with van der Waals surface area (Å²) >= 11 is 7.73. The molecular formula is C26H22ClN3O3S. The average molecular weight is 492 g/mol. The van der Waals surface area contributed by atoms with Crippen LogP contribution in [0.3, 0.4) is 0 Å². The van der Waals surface area contributed by atoms with Gasteiger partial charge in [0.2, 0.25) is 0 Å². The minimum Gasteiger partial charge on any atom is -0.493 e. The summed E-state index contributed by atoms with van der Waals surface area (Å²) in [6.07, 6.45) is 0.534. The average Bonchev–Trinajstić information content (AvgIpc) is 3.18. The SMILES string of the molecule is COc1cc2c(cc1OC)C1=NC(=O)C(Cc3ccccc3)N1C(SCc1cccc(Cl)c1)=N2. The highest BCUT2D eigenvalue weighted by Crippen LogP contribution is 2.41. The Kier molecular flexibility index (Phi) is 6.30. The van der Waals surface area contributed by atoms with Gasteiger partial charge in [-0.3, -0.25) is 9.69 Å². The van der Waals surface area contributed by atoms with Gasteiger partial charge in [0.15, 0.2) is 16.7 Å². The fourth-order valence-corrected chi connectivity index (χ4v) is 5.30. The van der Waals surface area contributed by atoms with Crippen molar-refractivity contribution in [2.24, 2.45) is 9.98 Å². The Hall–Kier alpha value is -3.29. The molecule has 2 heterocycles. The van der Waals surface area contributed by atoms with Crippen LogP contribution in [0.15, 0.2) is 76.7 Å². The van der Waals surface area contributed by atoms with Gasteiger partial charge in [0.1, 0.15) is 11.9 Å². The molecule has 1 amide bonds. The first-order valence-corrected chi connectivity index (χ1v) is 12.1. The number of amides is 1. The zero-order valence-electron chi connectivity index (χ0n) is 18.7. The van der Waals surface area contributed by atoms with Crippen molar-refractivity contribution in [2.75, 3.05) is 14.2 Å². The molecule has 3 aromatic carbocycles. The number of halogens is 1. The van der Waals surface area contributed by atoms with E-state index in [1.165, 1.54) is 0 Å². The fraction of sp³-hybridized carbons (Fsp3) is 0.192. The number of nitrogens with zero attached hydrogens (tertiary/aromatic N) is 3. The largest absolute Gasteiger partial charge is 0.493 e. The lowest BCUT2D eigenvalue weighted by Crippen LogP contribution is -2.44. The molecule has 1 atom stereocenters. The number of hydrogen-bond donors (Lipinski definition) is 0. The van der Waals surface area contributed by atoms with Crippen LogP contribution in [0, 0.1) is 0 Å². The van der Waals surface area contributed by atoms with Gasteiger partial charge in [-0.2, -0.15) is 4.99 Å². The number of methoxy groups -OCH3 is 2. The molecule has 2 aliphatic rings. The fourth-order valence-electron chi connectivity index (χ4n) is 4.09. The molecule has 0 aliphatic carbocycles. The second-order valence-corrected chi connectivity index (χ2v) is 9.27. The number of rotatable bonds is 6. The number of fused-ring (bicyclic) bond motifs is 3. The highest BCUT2D eigenvalue weighted by atomic mass is 35.5. The van der Waals surface area contributed by atoms with Crippen LogP contribution in [0.2, 0.25) is 5.02 Å². The van der Waals surface area contributed by atoms with Crippen molar-refractivity contribution in [1.82, 2.24) is 4.90 Å². The summed E-state index contributed by atoms with van der Waals surface area (Å²) in [5.74, 6) is 2.19. The van der Waals surface area contributed by atoms with Crippen LogP contribution in [-0.2, 0) is 17.0 Å². The van der Waals surface area contributed by atoms with E-state index in [-0.39, 0.29) is 5.91 Å². The van der Waals surface area contributed by atoms with E-state index in [0.717, 1.165) is 16.7 Å². The first-order valence-electron chi connectivity index (χ1n) is 10.8. The topological polar surface area (TPSA) is 63.5 Å². The molecule has 0 N–H and O–H groups in total. The maximum absolute atomic E-state index is 13.1. The number of carbonyl (C=O) groups excluding carboxylic acids is 1. The number of hydrogen-bond acceptors (Lipinski definition) is 6. The predicted molar refractivity (Wildman–Crippen MR) is 137 cm³/mol. The van der Waals surface area contributed by atoms with Crippen molar-refractivity contribution in [3.8, 4) is 11.5 Å². The van der Waals surface area contributed by atoms with Gasteiger partial charge < -0.3 is 9.47 Å². The monoisotopic (exact) mass is 491 g/mol. The molecule has 0 spiro atoms. The third kappa shape index (κ3) is 4.29. The molecular weight excluding hydrogens is 470 g/mol. The van der Waals surface area contributed by atoms with E-state index in [2.05, 4.69) is 4.99 Å². The summed E-state index contributed by atoms with van der Waals surface area (Å²) in [6.45, 7) is 0. The van der Waals surface area contributed by atoms with Crippen molar-refractivity contribution >= 4 is 46.0 Å². The molecule has 0 saturated heterocycles. The summed E-state index contributed by atoms with van der Waals surface area (Å²) in [4.78, 5) is 24.5. The molecule has 1 unspecified atom stereocenters. The maximum Gasteiger partial charge on any atom is 0.271 e. The van der Waals surface area contributed by atoms with Gasteiger partial charge in [0, 0.05) is 28.8 Å². The smallest absolute Gasteiger partial charge is 0.271 e. The van der Waals surface area contributed by atoms with E-state index in [9.17, 15) is 4.79 Å². The van der Waals surface area contributed by atoms with E-state index < -0.39 is 6.04 Å². The van der Waals surface area contributed by atoms with Crippen LogP contribution >= 0.6 is 23.4 Å². The zero-order chi connectivity index (χ0) is 23.7. The molecule has 3 aromatic rings. The number of amidine groups is 2. The predicted octanol–water partition coefficient (Wildman–Crippen LogP) is 5.49. The zero-order valence-corrected chi connectivity index (χ0v) is 20.3. The van der Waals surface area contributed by atoms with Crippen molar-refractivity contribution < 1.29 is 14.3 Å². The minimum absolute atomic E-state index is 0.183. The van der Waals surface area contributed by atoms with Crippen LogP contribution in [-0.4, -0.2) is 42.1 Å². The van der Waals surface area contributed by atoms with Gasteiger partial charge >= 0.3 is 0 Å².